The van der Waals surface area contributed by atoms with Crippen LogP contribution in [-0.4, -0.2) is 36.2 Å². The molecular weight excluding hydrogens is 334 g/mol. The minimum Gasteiger partial charge on any atom is -0.351 e. The SMILES string of the molecule is CCCCCCCCCCC/C=C/CC1NC=C[N+]1(CC)CCNC(C)=O. The van der Waals surface area contributed by atoms with Crippen LogP contribution in [0.15, 0.2) is 24.6 Å². The summed E-state index contributed by atoms with van der Waals surface area (Å²) in [5.41, 5.74) is 0. The number of hydrogen-bond acceptors (Lipinski definition) is 2. The lowest BCUT2D eigenvalue weighted by Gasteiger charge is -2.36. The zero-order valence-electron chi connectivity index (χ0n) is 18.1. The van der Waals surface area contributed by atoms with Crippen LogP contribution < -0.4 is 10.6 Å². The number of likely N-dealkylation sites (N-methyl/N-ethyl adjacent to an activating group) is 1. The number of carbonyl (C=O) groups is 1. The lowest BCUT2D eigenvalue weighted by atomic mass is 10.1. The number of unbranched alkanes of at least 4 members (excludes halogenated alkanes) is 9. The van der Waals surface area contributed by atoms with Crippen LogP contribution in [0.2, 0.25) is 0 Å². The van der Waals surface area contributed by atoms with E-state index in [1.807, 2.05) is 0 Å². The lowest BCUT2D eigenvalue weighted by molar-refractivity contribution is -0.897. The van der Waals surface area contributed by atoms with Crippen LogP contribution in [0.5, 0.6) is 0 Å². The summed E-state index contributed by atoms with van der Waals surface area (Å²) in [5.74, 6) is 0.0535. The minimum absolute atomic E-state index is 0.0535. The standard InChI is InChI=1S/C23H43N3O/c1-4-6-7-8-9-10-11-12-13-14-15-16-17-23-25-19-21-26(23,5-2)20-18-24-22(3)27/h15-16,19,21,23,25H,4-14,17-18,20H2,1-3H3/p+1/b16-15+. The van der Waals surface area contributed by atoms with E-state index in [0.717, 1.165) is 30.5 Å². The number of carbonyl (C=O) groups excluding carboxylic acids is 1. The number of hydrogen-bond donors (Lipinski definition) is 2. The number of allylic oxidation sites excluding steroid dienone is 1. The third-order valence-corrected chi connectivity index (χ3v) is 5.77. The van der Waals surface area contributed by atoms with E-state index in [0.29, 0.717) is 6.17 Å². The van der Waals surface area contributed by atoms with Gasteiger partial charge in [0.2, 0.25) is 5.91 Å². The smallest absolute Gasteiger partial charge is 0.217 e. The van der Waals surface area contributed by atoms with Gasteiger partial charge in [-0.1, -0.05) is 70.4 Å². The Morgan fingerprint density at radius 1 is 1.04 bits per heavy atom. The maximum atomic E-state index is 11.1. The van der Waals surface area contributed by atoms with Gasteiger partial charge in [-0.3, -0.25) is 9.28 Å². The largest absolute Gasteiger partial charge is 0.351 e. The molecule has 4 heteroatoms. The van der Waals surface area contributed by atoms with Crippen molar-refractivity contribution < 1.29 is 9.28 Å². The van der Waals surface area contributed by atoms with Crippen molar-refractivity contribution in [2.24, 2.45) is 0 Å². The molecule has 1 rings (SSSR count). The third-order valence-electron chi connectivity index (χ3n) is 5.77. The molecule has 0 aromatic carbocycles. The number of quaternary nitrogens is 1. The summed E-state index contributed by atoms with van der Waals surface area (Å²) in [6.45, 7) is 8.80. The normalized spacial score (nSPS) is 21.7. The summed E-state index contributed by atoms with van der Waals surface area (Å²) >= 11 is 0. The summed E-state index contributed by atoms with van der Waals surface area (Å²) in [6, 6.07) is 0. The van der Waals surface area contributed by atoms with Crippen LogP contribution in [0.25, 0.3) is 0 Å². The molecule has 0 aromatic heterocycles. The van der Waals surface area contributed by atoms with E-state index in [9.17, 15) is 4.79 Å². The molecule has 0 radical (unpaired) electrons. The van der Waals surface area contributed by atoms with E-state index in [2.05, 4.69) is 49.0 Å². The number of amides is 1. The Hall–Kier alpha value is -1.29. The highest BCUT2D eigenvalue weighted by molar-refractivity contribution is 5.72. The summed E-state index contributed by atoms with van der Waals surface area (Å²) in [7, 11) is 0. The van der Waals surface area contributed by atoms with E-state index in [4.69, 9.17) is 0 Å². The van der Waals surface area contributed by atoms with Gasteiger partial charge in [0, 0.05) is 13.3 Å². The van der Waals surface area contributed by atoms with Crippen LogP contribution in [0, 0.1) is 0 Å². The number of nitrogens with one attached hydrogen (secondary N) is 2. The summed E-state index contributed by atoms with van der Waals surface area (Å²) < 4.78 is 0.905. The quantitative estimate of drug-likeness (QED) is 0.219. The lowest BCUT2D eigenvalue weighted by Crippen LogP contribution is -2.55. The van der Waals surface area contributed by atoms with Gasteiger partial charge in [-0.25, -0.2) is 0 Å². The van der Waals surface area contributed by atoms with Crippen molar-refractivity contribution in [1.82, 2.24) is 10.6 Å². The highest BCUT2D eigenvalue weighted by Crippen LogP contribution is 2.21. The van der Waals surface area contributed by atoms with E-state index in [1.165, 1.54) is 64.2 Å². The van der Waals surface area contributed by atoms with Gasteiger partial charge in [0.15, 0.2) is 6.17 Å². The van der Waals surface area contributed by atoms with Crippen LogP contribution in [0.1, 0.15) is 91.4 Å². The Labute approximate surface area is 168 Å². The molecule has 156 valence electrons. The topological polar surface area (TPSA) is 41.1 Å². The second-order valence-electron chi connectivity index (χ2n) is 7.95. The Morgan fingerprint density at radius 3 is 2.33 bits per heavy atom. The van der Waals surface area contributed by atoms with Gasteiger partial charge in [-0.05, 0) is 19.8 Å². The summed E-state index contributed by atoms with van der Waals surface area (Å²) in [6.07, 6.45) is 24.2. The Morgan fingerprint density at radius 2 is 1.70 bits per heavy atom. The zero-order chi connectivity index (χ0) is 19.8. The molecule has 0 saturated carbocycles. The minimum atomic E-state index is 0.0535. The van der Waals surface area contributed by atoms with E-state index in [1.54, 1.807) is 6.92 Å². The Balaban J connectivity index is 2.13. The molecule has 0 fully saturated rings. The predicted molar refractivity (Wildman–Crippen MR) is 116 cm³/mol. The van der Waals surface area contributed by atoms with Crippen LogP contribution in [0.3, 0.4) is 0 Å². The van der Waals surface area contributed by atoms with Crippen molar-refractivity contribution in [1.29, 1.82) is 0 Å². The number of rotatable bonds is 16. The van der Waals surface area contributed by atoms with Gasteiger partial charge >= 0.3 is 0 Å². The highest BCUT2D eigenvalue weighted by Gasteiger charge is 2.35. The van der Waals surface area contributed by atoms with Crippen molar-refractivity contribution in [3.05, 3.63) is 24.6 Å². The molecule has 2 atom stereocenters. The fraction of sp³-hybridized carbons (Fsp3) is 0.783. The molecular formula is C23H44N3O+. The van der Waals surface area contributed by atoms with Crippen molar-refractivity contribution >= 4 is 5.91 Å². The monoisotopic (exact) mass is 378 g/mol. The van der Waals surface area contributed by atoms with Gasteiger partial charge in [0.05, 0.1) is 19.3 Å². The Bertz CT molecular complexity index is 447. The van der Waals surface area contributed by atoms with Gasteiger partial charge in [-0.15, -0.1) is 0 Å². The molecule has 27 heavy (non-hydrogen) atoms. The molecule has 0 bridgehead atoms. The van der Waals surface area contributed by atoms with E-state index >= 15 is 0 Å². The first-order chi connectivity index (χ1) is 13.1. The molecule has 1 amide bonds. The molecule has 2 unspecified atom stereocenters. The van der Waals surface area contributed by atoms with E-state index < -0.39 is 0 Å². The molecule has 0 saturated heterocycles. The van der Waals surface area contributed by atoms with E-state index in [-0.39, 0.29) is 5.91 Å². The second kappa shape index (κ2) is 14.7. The molecule has 2 N–H and O–H groups in total. The fourth-order valence-corrected chi connectivity index (χ4v) is 3.90. The first kappa shape index (κ1) is 23.7. The first-order valence-corrected chi connectivity index (χ1v) is 11.3. The molecule has 1 aliphatic rings. The van der Waals surface area contributed by atoms with Crippen molar-refractivity contribution in [3.8, 4) is 0 Å². The molecule has 1 heterocycles. The summed E-state index contributed by atoms with van der Waals surface area (Å²) in [4.78, 5) is 11.1. The second-order valence-corrected chi connectivity index (χ2v) is 7.95. The summed E-state index contributed by atoms with van der Waals surface area (Å²) in [5, 5.41) is 6.44. The average molecular weight is 379 g/mol. The highest BCUT2D eigenvalue weighted by atomic mass is 16.1. The maximum absolute atomic E-state index is 11.1. The third kappa shape index (κ3) is 9.99. The van der Waals surface area contributed by atoms with Gasteiger partial charge in [0.25, 0.3) is 0 Å². The van der Waals surface area contributed by atoms with Crippen molar-refractivity contribution in [2.45, 2.75) is 97.6 Å². The molecule has 4 nitrogen and oxygen atoms in total. The maximum Gasteiger partial charge on any atom is 0.217 e. The van der Waals surface area contributed by atoms with Gasteiger partial charge in [-0.2, -0.15) is 0 Å². The van der Waals surface area contributed by atoms with Crippen LogP contribution >= 0.6 is 0 Å². The van der Waals surface area contributed by atoms with Gasteiger partial charge < -0.3 is 10.6 Å². The molecule has 0 aliphatic carbocycles. The van der Waals surface area contributed by atoms with Crippen molar-refractivity contribution in [3.63, 3.8) is 0 Å². The Kier molecular flexibility index (Phi) is 13.0. The molecule has 0 spiro atoms. The fourth-order valence-electron chi connectivity index (χ4n) is 3.90. The van der Waals surface area contributed by atoms with Crippen LogP contribution in [0.4, 0.5) is 0 Å². The number of nitrogens with zero attached hydrogens (tertiary/aromatic N) is 1. The zero-order valence-corrected chi connectivity index (χ0v) is 18.1. The van der Waals surface area contributed by atoms with Crippen LogP contribution in [-0.2, 0) is 4.79 Å². The predicted octanol–water partition coefficient (Wildman–Crippen LogP) is 5.23. The molecule has 1 aliphatic heterocycles. The van der Waals surface area contributed by atoms with Gasteiger partial charge in [0.1, 0.15) is 12.7 Å². The van der Waals surface area contributed by atoms with Crippen molar-refractivity contribution in [2.75, 3.05) is 19.6 Å². The average Bonchev–Trinajstić information content (AvgIpc) is 3.05. The first-order valence-electron chi connectivity index (χ1n) is 11.3. The molecule has 0 aromatic rings.